The van der Waals surface area contributed by atoms with E-state index in [1.54, 1.807) is 0 Å². The van der Waals surface area contributed by atoms with Crippen LogP contribution < -0.4 is 0 Å². The number of likely N-dealkylation sites (N-methyl/N-ethyl adjacent to an activating group) is 1. The van der Waals surface area contributed by atoms with E-state index in [4.69, 9.17) is 9.47 Å². The van der Waals surface area contributed by atoms with Crippen molar-refractivity contribution in [3.63, 3.8) is 0 Å². The van der Waals surface area contributed by atoms with Crippen LogP contribution in [0.4, 0.5) is 0 Å². The molecular weight excluding hydrogens is 584 g/mol. The van der Waals surface area contributed by atoms with Crippen molar-refractivity contribution in [1.82, 2.24) is 9.80 Å². The van der Waals surface area contributed by atoms with E-state index in [0.29, 0.717) is 32.1 Å². The molecule has 0 aromatic heterocycles. The SMILES string of the molecule is CCCCCCCCCCCCOCC(O)CN(CCCCCC(=O)OCC(CCCCCC)CCCCCCCC)CCN(C)C. The first kappa shape index (κ1) is 46.3. The first-order chi connectivity index (χ1) is 22.9. The van der Waals surface area contributed by atoms with Crippen LogP contribution in [0.3, 0.4) is 0 Å². The van der Waals surface area contributed by atoms with Crippen LogP contribution in [0.25, 0.3) is 0 Å². The molecule has 47 heavy (non-hydrogen) atoms. The molecule has 0 saturated heterocycles. The van der Waals surface area contributed by atoms with Crippen LogP contribution in [0.1, 0.15) is 188 Å². The monoisotopic (exact) mass is 669 g/mol. The van der Waals surface area contributed by atoms with Gasteiger partial charge in [0, 0.05) is 32.7 Å². The Morgan fingerprint density at radius 3 is 1.62 bits per heavy atom. The summed E-state index contributed by atoms with van der Waals surface area (Å²) in [5.41, 5.74) is 0. The van der Waals surface area contributed by atoms with E-state index < -0.39 is 6.10 Å². The quantitative estimate of drug-likeness (QED) is 0.0522. The Balaban J connectivity index is 4.18. The van der Waals surface area contributed by atoms with Crippen molar-refractivity contribution in [3.8, 4) is 0 Å². The van der Waals surface area contributed by atoms with Gasteiger partial charge in [0.2, 0.25) is 0 Å². The standard InChI is InChI=1S/C41H84N2O4/c1-6-9-12-15-17-18-19-20-22-28-35-46-38-40(44)36-43(34-33-42(4)5)32-27-23-26-31-41(45)47-37-39(29-24-14-11-8-3)30-25-21-16-13-10-7-2/h39-40,44H,6-38H2,1-5H3. The summed E-state index contributed by atoms with van der Waals surface area (Å²) in [5.74, 6) is 0.503. The van der Waals surface area contributed by atoms with E-state index >= 15 is 0 Å². The molecule has 0 aromatic rings. The number of nitrogens with zero attached hydrogens (tertiary/aromatic N) is 2. The second-order valence-corrected chi connectivity index (χ2v) is 14.8. The van der Waals surface area contributed by atoms with Crippen LogP contribution in [-0.2, 0) is 14.3 Å². The molecule has 2 unspecified atom stereocenters. The minimum absolute atomic E-state index is 0.0223. The fourth-order valence-corrected chi connectivity index (χ4v) is 6.35. The van der Waals surface area contributed by atoms with Crippen molar-refractivity contribution >= 4 is 5.97 Å². The molecule has 0 heterocycles. The van der Waals surface area contributed by atoms with Crippen LogP contribution >= 0.6 is 0 Å². The highest BCUT2D eigenvalue weighted by Gasteiger charge is 2.14. The molecule has 0 saturated carbocycles. The molecule has 0 rings (SSSR count). The number of rotatable bonds is 38. The Morgan fingerprint density at radius 1 is 0.574 bits per heavy atom. The zero-order chi connectivity index (χ0) is 34.6. The Morgan fingerprint density at radius 2 is 1.06 bits per heavy atom. The van der Waals surface area contributed by atoms with E-state index in [1.807, 2.05) is 0 Å². The van der Waals surface area contributed by atoms with Gasteiger partial charge in [-0.3, -0.25) is 9.69 Å². The van der Waals surface area contributed by atoms with E-state index in [0.717, 1.165) is 51.9 Å². The third-order valence-corrected chi connectivity index (χ3v) is 9.55. The van der Waals surface area contributed by atoms with Gasteiger partial charge >= 0.3 is 5.97 Å². The summed E-state index contributed by atoms with van der Waals surface area (Å²) in [7, 11) is 4.19. The van der Waals surface area contributed by atoms with Gasteiger partial charge in [-0.05, 0) is 58.7 Å². The topological polar surface area (TPSA) is 62.2 Å². The number of carbonyl (C=O) groups excluding carboxylic acids is 1. The van der Waals surface area contributed by atoms with E-state index in [1.165, 1.54) is 135 Å². The number of hydrogen-bond acceptors (Lipinski definition) is 6. The lowest BCUT2D eigenvalue weighted by atomic mass is 9.95. The van der Waals surface area contributed by atoms with E-state index in [2.05, 4.69) is 44.7 Å². The average molecular weight is 669 g/mol. The molecular formula is C41H84N2O4. The Bertz CT molecular complexity index is 633. The van der Waals surface area contributed by atoms with Gasteiger partial charge in [0.05, 0.1) is 19.3 Å². The third kappa shape index (κ3) is 35.0. The molecule has 0 fully saturated rings. The van der Waals surface area contributed by atoms with Gasteiger partial charge in [0.15, 0.2) is 0 Å². The summed E-state index contributed by atoms with van der Waals surface area (Å²) in [5, 5.41) is 10.7. The van der Waals surface area contributed by atoms with Crippen LogP contribution in [0, 0.1) is 5.92 Å². The van der Waals surface area contributed by atoms with Crippen molar-refractivity contribution < 1.29 is 19.4 Å². The first-order valence-electron chi connectivity index (χ1n) is 20.7. The summed E-state index contributed by atoms with van der Waals surface area (Å²) in [4.78, 5) is 17.1. The summed E-state index contributed by atoms with van der Waals surface area (Å²) in [6.07, 6.45) is 31.7. The molecule has 0 amide bonds. The highest BCUT2D eigenvalue weighted by atomic mass is 16.5. The predicted molar refractivity (Wildman–Crippen MR) is 203 cm³/mol. The van der Waals surface area contributed by atoms with Crippen molar-refractivity contribution in [2.75, 3.05) is 60.1 Å². The molecule has 0 spiro atoms. The van der Waals surface area contributed by atoms with E-state index in [9.17, 15) is 9.90 Å². The van der Waals surface area contributed by atoms with Crippen LogP contribution in [0.2, 0.25) is 0 Å². The fourth-order valence-electron chi connectivity index (χ4n) is 6.35. The highest BCUT2D eigenvalue weighted by Crippen LogP contribution is 2.20. The average Bonchev–Trinajstić information content (AvgIpc) is 3.05. The normalized spacial score (nSPS) is 13.1. The lowest BCUT2D eigenvalue weighted by molar-refractivity contribution is -0.145. The lowest BCUT2D eigenvalue weighted by Gasteiger charge is -2.26. The Kier molecular flexibility index (Phi) is 36.0. The summed E-state index contributed by atoms with van der Waals surface area (Å²) >= 11 is 0. The number of ether oxygens (including phenoxy) is 2. The van der Waals surface area contributed by atoms with Gasteiger partial charge in [0.25, 0.3) is 0 Å². The molecule has 0 radical (unpaired) electrons. The summed E-state index contributed by atoms with van der Waals surface area (Å²) in [6.45, 7) is 12.1. The molecule has 6 heteroatoms. The molecule has 1 N–H and O–H groups in total. The number of unbranched alkanes of at least 4 members (excludes halogenated alkanes) is 19. The Hall–Kier alpha value is -0.690. The minimum atomic E-state index is -0.457. The zero-order valence-electron chi connectivity index (χ0n) is 32.6. The van der Waals surface area contributed by atoms with Gasteiger partial charge in [-0.15, -0.1) is 0 Å². The zero-order valence-corrected chi connectivity index (χ0v) is 32.6. The minimum Gasteiger partial charge on any atom is -0.465 e. The second-order valence-electron chi connectivity index (χ2n) is 14.8. The maximum atomic E-state index is 12.6. The van der Waals surface area contributed by atoms with Crippen molar-refractivity contribution in [3.05, 3.63) is 0 Å². The number of carbonyl (C=O) groups is 1. The summed E-state index contributed by atoms with van der Waals surface area (Å²) in [6, 6.07) is 0. The molecule has 2 atom stereocenters. The molecule has 0 aliphatic carbocycles. The second kappa shape index (κ2) is 36.6. The Labute approximate surface area is 294 Å². The molecule has 0 aliphatic rings. The molecule has 0 aliphatic heterocycles. The van der Waals surface area contributed by atoms with Gasteiger partial charge in [-0.1, -0.05) is 149 Å². The summed E-state index contributed by atoms with van der Waals surface area (Å²) < 4.78 is 11.6. The number of hydrogen-bond donors (Lipinski definition) is 1. The van der Waals surface area contributed by atoms with Gasteiger partial charge in [0.1, 0.15) is 0 Å². The van der Waals surface area contributed by atoms with Gasteiger partial charge in [-0.25, -0.2) is 0 Å². The highest BCUT2D eigenvalue weighted by molar-refractivity contribution is 5.69. The van der Waals surface area contributed by atoms with E-state index in [-0.39, 0.29) is 5.97 Å². The molecule has 0 aromatic carbocycles. The molecule has 0 bridgehead atoms. The van der Waals surface area contributed by atoms with Crippen LogP contribution in [0.5, 0.6) is 0 Å². The molecule has 282 valence electrons. The number of aliphatic hydroxyl groups is 1. The first-order valence-corrected chi connectivity index (χ1v) is 20.7. The maximum Gasteiger partial charge on any atom is 0.305 e. The third-order valence-electron chi connectivity index (χ3n) is 9.55. The van der Waals surface area contributed by atoms with Crippen molar-refractivity contribution in [1.29, 1.82) is 0 Å². The molecule has 6 nitrogen and oxygen atoms in total. The van der Waals surface area contributed by atoms with Crippen molar-refractivity contribution in [2.45, 2.75) is 194 Å². The fraction of sp³-hybridized carbons (Fsp3) is 0.976. The van der Waals surface area contributed by atoms with Crippen molar-refractivity contribution in [2.24, 2.45) is 5.92 Å². The van der Waals surface area contributed by atoms with Crippen LogP contribution in [0.15, 0.2) is 0 Å². The number of aliphatic hydroxyl groups excluding tert-OH is 1. The lowest BCUT2D eigenvalue weighted by Crippen LogP contribution is -2.39. The predicted octanol–water partition coefficient (Wildman–Crippen LogP) is 10.6. The van der Waals surface area contributed by atoms with Gasteiger partial charge < -0.3 is 19.5 Å². The largest absolute Gasteiger partial charge is 0.465 e. The smallest absolute Gasteiger partial charge is 0.305 e. The van der Waals surface area contributed by atoms with Crippen LogP contribution in [-0.4, -0.2) is 87.1 Å². The van der Waals surface area contributed by atoms with Gasteiger partial charge in [-0.2, -0.15) is 0 Å². The maximum absolute atomic E-state index is 12.6. The number of esters is 1.